The summed E-state index contributed by atoms with van der Waals surface area (Å²) in [5.41, 5.74) is -0.387. The van der Waals surface area contributed by atoms with E-state index in [-0.39, 0.29) is 11.4 Å². The summed E-state index contributed by atoms with van der Waals surface area (Å²) in [5, 5.41) is 0. The van der Waals surface area contributed by atoms with E-state index < -0.39 is 0 Å². The predicted octanol–water partition coefficient (Wildman–Crippen LogP) is 2.15. The fourth-order valence-corrected chi connectivity index (χ4v) is 0.437. The molecule has 2 nitrogen and oxygen atoms in total. The summed E-state index contributed by atoms with van der Waals surface area (Å²) in [7, 11) is 0. The maximum absolute atomic E-state index is 11.1. The smallest absolute Gasteiger partial charge is 0.311 e. The van der Waals surface area contributed by atoms with Crippen LogP contribution in [0.2, 0.25) is 0 Å². The van der Waals surface area contributed by atoms with Gasteiger partial charge in [-0.1, -0.05) is 12.2 Å². The van der Waals surface area contributed by atoms with E-state index >= 15 is 0 Å². The molecule has 0 fully saturated rings. The lowest BCUT2D eigenvalue weighted by Crippen LogP contribution is -2.22. The van der Waals surface area contributed by atoms with Crippen LogP contribution in [-0.2, 0) is 9.53 Å². The first-order valence-corrected chi connectivity index (χ1v) is 3.77. The third kappa shape index (κ3) is 4.59. The summed E-state index contributed by atoms with van der Waals surface area (Å²) in [4.78, 5) is 11.1. The lowest BCUT2D eigenvalue weighted by atomic mass is 9.97. The van der Waals surface area contributed by atoms with E-state index in [0.717, 1.165) is 0 Å². The molecule has 0 rings (SSSR count). The van der Waals surface area contributed by atoms with Crippen LogP contribution in [0.5, 0.6) is 0 Å². The van der Waals surface area contributed by atoms with Crippen molar-refractivity contribution in [2.45, 2.75) is 27.7 Å². The van der Waals surface area contributed by atoms with Gasteiger partial charge in [-0.3, -0.25) is 4.79 Å². The number of rotatable bonds is 2. The lowest BCUT2D eigenvalue weighted by molar-refractivity contribution is -0.151. The van der Waals surface area contributed by atoms with E-state index in [2.05, 4.69) is 0 Å². The van der Waals surface area contributed by atoms with E-state index in [0.29, 0.717) is 6.61 Å². The van der Waals surface area contributed by atoms with Gasteiger partial charge in [-0.2, -0.15) is 0 Å². The number of hydrogen-bond donors (Lipinski definition) is 0. The highest BCUT2D eigenvalue weighted by Crippen LogP contribution is 2.14. The normalized spacial score (nSPS) is 12.0. The van der Waals surface area contributed by atoms with Gasteiger partial charge in [0.25, 0.3) is 0 Å². The monoisotopic (exact) mass is 156 g/mol. The molecule has 0 aliphatic rings. The van der Waals surface area contributed by atoms with Gasteiger partial charge in [0.2, 0.25) is 0 Å². The summed E-state index contributed by atoms with van der Waals surface area (Å²) in [5.74, 6) is -0.157. The Morgan fingerprint density at radius 3 is 2.36 bits per heavy atom. The summed E-state index contributed by atoms with van der Waals surface area (Å²) < 4.78 is 4.92. The Morgan fingerprint density at radius 2 is 2.00 bits per heavy atom. The van der Waals surface area contributed by atoms with Gasteiger partial charge in [0, 0.05) is 0 Å². The Kier molecular flexibility index (Phi) is 3.86. The zero-order chi connectivity index (χ0) is 8.91. The van der Waals surface area contributed by atoms with Crippen molar-refractivity contribution in [3.63, 3.8) is 0 Å². The second-order valence-corrected chi connectivity index (χ2v) is 3.42. The molecule has 11 heavy (non-hydrogen) atoms. The summed E-state index contributed by atoms with van der Waals surface area (Å²) in [6.45, 7) is 7.79. The van der Waals surface area contributed by atoms with Crippen LogP contribution < -0.4 is 0 Å². The highest BCUT2D eigenvalue weighted by molar-refractivity contribution is 5.75. The molecule has 0 aromatic heterocycles. The molecule has 0 aromatic rings. The van der Waals surface area contributed by atoms with Gasteiger partial charge in [-0.15, -0.1) is 0 Å². The van der Waals surface area contributed by atoms with Crippen molar-refractivity contribution in [2.24, 2.45) is 5.41 Å². The lowest BCUT2D eigenvalue weighted by Gasteiger charge is -2.15. The van der Waals surface area contributed by atoms with E-state index in [9.17, 15) is 4.79 Å². The van der Waals surface area contributed by atoms with Crippen molar-refractivity contribution in [1.29, 1.82) is 0 Å². The number of carbonyl (C=O) groups excluding carboxylic acids is 1. The largest absolute Gasteiger partial charge is 0.461 e. The molecular weight excluding hydrogens is 140 g/mol. The van der Waals surface area contributed by atoms with Crippen LogP contribution in [0.25, 0.3) is 0 Å². The van der Waals surface area contributed by atoms with Crippen molar-refractivity contribution in [3.05, 3.63) is 12.2 Å². The molecular formula is C9H16O2. The van der Waals surface area contributed by atoms with E-state index in [4.69, 9.17) is 4.74 Å². The average molecular weight is 156 g/mol. The van der Waals surface area contributed by atoms with Crippen molar-refractivity contribution >= 4 is 5.97 Å². The first kappa shape index (κ1) is 10.2. The number of allylic oxidation sites excluding steroid dienone is 1. The van der Waals surface area contributed by atoms with Crippen molar-refractivity contribution < 1.29 is 9.53 Å². The first-order valence-electron chi connectivity index (χ1n) is 3.77. The molecule has 0 aliphatic carbocycles. The molecule has 0 spiro atoms. The van der Waals surface area contributed by atoms with Gasteiger partial charge >= 0.3 is 5.97 Å². The molecule has 0 amide bonds. The minimum Gasteiger partial charge on any atom is -0.461 e. The summed E-state index contributed by atoms with van der Waals surface area (Å²) in [6, 6.07) is 0. The summed E-state index contributed by atoms with van der Waals surface area (Å²) >= 11 is 0. The molecule has 0 atom stereocenters. The minimum atomic E-state index is -0.387. The van der Waals surface area contributed by atoms with Crippen LogP contribution in [0.15, 0.2) is 12.2 Å². The molecule has 0 bridgehead atoms. The molecule has 64 valence electrons. The Hall–Kier alpha value is -0.790. The van der Waals surface area contributed by atoms with Crippen molar-refractivity contribution in [1.82, 2.24) is 0 Å². The number of hydrogen-bond acceptors (Lipinski definition) is 2. The number of carbonyl (C=O) groups is 1. The van der Waals surface area contributed by atoms with Crippen molar-refractivity contribution in [2.75, 3.05) is 6.61 Å². The third-order valence-electron chi connectivity index (χ3n) is 1.16. The fraction of sp³-hybridized carbons (Fsp3) is 0.667. The predicted molar refractivity (Wildman–Crippen MR) is 45.2 cm³/mol. The maximum atomic E-state index is 11.1. The van der Waals surface area contributed by atoms with Gasteiger partial charge < -0.3 is 4.74 Å². The minimum absolute atomic E-state index is 0.157. The molecule has 0 aliphatic heterocycles. The molecule has 0 N–H and O–H groups in total. The van der Waals surface area contributed by atoms with Gasteiger partial charge in [-0.25, -0.2) is 0 Å². The Balaban J connectivity index is 3.71. The third-order valence-corrected chi connectivity index (χ3v) is 1.16. The Bertz CT molecular complexity index is 151. The molecule has 0 aromatic carbocycles. The van der Waals surface area contributed by atoms with Crippen molar-refractivity contribution in [3.8, 4) is 0 Å². The van der Waals surface area contributed by atoms with Crippen LogP contribution >= 0.6 is 0 Å². The van der Waals surface area contributed by atoms with Gasteiger partial charge in [0.05, 0.1) is 5.41 Å². The van der Waals surface area contributed by atoms with E-state index in [1.54, 1.807) is 0 Å². The molecule has 0 saturated carbocycles. The van der Waals surface area contributed by atoms with Gasteiger partial charge in [0.1, 0.15) is 6.61 Å². The molecule has 0 unspecified atom stereocenters. The zero-order valence-electron chi connectivity index (χ0n) is 7.68. The number of ether oxygens (including phenoxy) is 1. The SMILES string of the molecule is C/C=C/COC(=O)C(C)(C)C. The molecule has 2 heteroatoms. The van der Waals surface area contributed by atoms with Crippen LogP contribution in [0.4, 0.5) is 0 Å². The zero-order valence-corrected chi connectivity index (χ0v) is 7.68. The second kappa shape index (κ2) is 4.16. The van der Waals surface area contributed by atoms with Crippen LogP contribution in [0.3, 0.4) is 0 Å². The van der Waals surface area contributed by atoms with Crippen LogP contribution in [-0.4, -0.2) is 12.6 Å². The van der Waals surface area contributed by atoms with Gasteiger partial charge in [0.15, 0.2) is 0 Å². The standard InChI is InChI=1S/C9H16O2/c1-5-6-7-11-8(10)9(2,3)4/h5-6H,7H2,1-4H3/b6-5+. The highest BCUT2D eigenvalue weighted by Gasteiger charge is 2.22. The fourth-order valence-electron chi connectivity index (χ4n) is 0.437. The van der Waals surface area contributed by atoms with Crippen LogP contribution in [0, 0.1) is 5.41 Å². The molecule has 0 heterocycles. The van der Waals surface area contributed by atoms with E-state index in [1.165, 1.54) is 0 Å². The van der Waals surface area contributed by atoms with E-state index in [1.807, 2.05) is 39.8 Å². The second-order valence-electron chi connectivity index (χ2n) is 3.42. The molecule has 0 saturated heterocycles. The topological polar surface area (TPSA) is 26.3 Å². The quantitative estimate of drug-likeness (QED) is 0.452. The van der Waals surface area contributed by atoms with Crippen LogP contribution in [0.1, 0.15) is 27.7 Å². The average Bonchev–Trinajstić information content (AvgIpc) is 1.86. The molecule has 0 radical (unpaired) electrons. The van der Waals surface area contributed by atoms with Gasteiger partial charge in [-0.05, 0) is 27.7 Å². The highest BCUT2D eigenvalue weighted by atomic mass is 16.5. The Labute approximate surface area is 68.2 Å². The summed E-state index contributed by atoms with van der Waals surface area (Å²) in [6.07, 6.45) is 3.67. The maximum Gasteiger partial charge on any atom is 0.311 e. The Morgan fingerprint density at radius 1 is 1.45 bits per heavy atom. The number of esters is 1. The first-order chi connectivity index (χ1) is 4.98.